The van der Waals surface area contributed by atoms with E-state index in [1.54, 1.807) is 7.11 Å². The third-order valence-electron chi connectivity index (χ3n) is 4.98. The maximum atomic E-state index is 5.73. The molecule has 1 aromatic heterocycles. The SMILES string of the molecule is [B]Cc1ccc(-c2ccccc2-c2nnnn2CC2=C(OC)CCC=C2)cc1. The topological polar surface area (TPSA) is 52.8 Å². The van der Waals surface area contributed by atoms with E-state index in [4.69, 9.17) is 12.6 Å². The van der Waals surface area contributed by atoms with Crippen molar-refractivity contribution in [2.75, 3.05) is 7.11 Å². The van der Waals surface area contributed by atoms with Crippen molar-refractivity contribution < 1.29 is 4.74 Å². The van der Waals surface area contributed by atoms with Crippen LogP contribution in [0.3, 0.4) is 0 Å². The fraction of sp³-hybridized carbons (Fsp3) is 0.227. The number of ether oxygens (including phenoxy) is 1. The first-order valence-electron chi connectivity index (χ1n) is 9.37. The largest absolute Gasteiger partial charge is 0.501 e. The Kier molecular flexibility index (Phi) is 5.37. The molecule has 0 fully saturated rings. The summed E-state index contributed by atoms with van der Waals surface area (Å²) in [5.41, 5.74) is 5.40. The van der Waals surface area contributed by atoms with Gasteiger partial charge in [0.05, 0.1) is 21.5 Å². The van der Waals surface area contributed by atoms with Gasteiger partial charge < -0.3 is 4.74 Å². The molecular formula is C22H21BN4O. The summed E-state index contributed by atoms with van der Waals surface area (Å²) in [6.07, 6.45) is 6.70. The first-order chi connectivity index (χ1) is 13.8. The van der Waals surface area contributed by atoms with E-state index in [0.29, 0.717) is 12.9 Å². The minimum atomic E-state index is 0.532. The zero-order valence-corrected chi connectivity index (χ0v) is 15.9. The van der Waals surface area contributed by atoms with Crippen LogP contribution in [-0.4, -0.2) is 35.2 Å². The number of methoxy groups -OCH3 is 1. The van der Waals surface area contributed by atoms with Crippen LogP contribution in [0.2, 0.25) is 0 Å². The second kappa shape index (κ2) is 8.25. The predicted octanol–water partition coefficient (Wildman–Crippen LogP) is 3.93. The van der Waals surface area contributed by atoms with E-state index in [1.807, 2.05) is 16.8 Å². The predicted molar refractivity (Wildman–Crippen MR) is 111 cm³/mol. The minimum Gasteiger partial charge on any atom is -0.501 e. The third kappa shape index (κ3) is 3.63. The Labute approximate surface area is 166 Å². The second-order valence-electron chi connectivity index (χ2n) is 6.70. The van der Waals surface area contributed by atoms with Crippen LogP contribution in [-0.2, 0) is 17.6 Å². The molecule has 138 valence electrons. The van der Waals surface area contributed by atoms with Crippen LogP contribution in [0.4, 0.5) is 0 Å². The number of hydrogen-bond donors (Lipinski definition) is 0. The molecule has 0 saturated carbocycles. The lowest BCUT2D eigenvalue weighted by molar-refractivity contribution is 0.270. The molecule has 0 unspecified atom stereocenters. The summed E-state index contributed by atoms with van der Waals surface area (Å²) < 4.78 is 7.38. The average molecular weight is 368 g/mol. The average Bonchev–Trinajstić information content (AvgIpc) is 3.22. The highest BCUT2D eigenvalue weighted by molar-refractivity contribution is 6.08. The number of hydrogen-bond acceptors (Lipinski definition) is 4. The lowest BCUT2D eigenvalue weighted by Gasteiger charge is -2.16. The van der Waals surface area contributed by atoms with E-state index in [9.17, 15) is 0 Å². The zero-order chi connectivity index (χ0) is 19.3. The number of allylic oxidation sites excluding steroid dienone is 4. The molecule has 0 saturated heterocycles. The van der Waals surface area contributed by atoms with Crippen molar-refractivity contribution in [2.45, 2.75) is 25.7 Å². The molecule has 2 radical (unpaired) electrons. The van der Waals surface area contributed by atoms with E-state index in [2.05, 4.69) is 64.1 Å². The molecule has 6 heteroatoms. The molecule has 0 spiro atoms. The van der Waals surface area contributed by atoms with Crippen molar-refractivity contribution in [1.29, 1.82) is 0 Å². The molecule has 5 nitrogen and oxygen atoms in total. The van der Waals surface area contributed by atoms with E-state index in [0.717, 1.165) is 52.3 Å². The van der Waals surface area contributed by atoms with Crippen LogP contribution in [0, 0.1) is 0 Å². The summed E-state index contributed by atoms with van der Waals surface area (Å²) in [6.45, 7) is 0.572. The molecule has 0 N–H and O–H groups in total. The van der Waals surface area contributed by atoms with Crippen molar-refractivity contribution in [3.8, 4) is 22.5 Å². The summed E-state index contributed by atoms with van der Waals surface area (Å²) >= 11 is 0. The molecule has 3 aromatic rings. The van der Waals surface area contributed by atoms with Gasteiger partial charge in [0.25, 0.3) is 0 Å². The van der Waals surface area contributed by atoms with E-state index >= 15 is 0 Å². The monoisotopic (exact) mass is 368 g/mol. The van der Waals surface area contributed by atoms with Crippen molar-refractivity contribution in [2.24, 2.45) is 0 Å². The molecule has 0 aliphatic heterocycles. The van der Waals surface area contributed by atoms with Gasteiger partial charge in [-0.3, -0.25) is 0 Å². The van der Waals surface area contributed by atoms with Crippen LogP contribution in [0.5, 0.6) is 0 Å². The van der Waals surface area contributed by atoms with Gasteiger partial charge >= 0.3 is 0 Å². The molecule has 0 atom stereocenters. The van der Waals surface area contributed by atoms with Gasteiger partial charge in [0.2, 0.25) is 0 Å². The highest BCUT2D eigenvalue weighted by Gasteiger charge is 2.17. The van der Waals surface area contributed by atoms with Gasteiger partial charge in [-0.05, 0) is 28.0 Å². The molecule has 4 rings (SSSR count). The highest BCUT2D eigenvalue weighted by atomic mass is 16.5. The Morgan fingerprint density at radius 1 is 1.07 bits per heavy atom. The van der Waals surface area contributed by atoms with Crippen molar-refractivity contribution >= 4 is 7.85 Å². The number of nitrogens with zero attached hydrogens (tertiary/aromatic N) is 4. The van der Waals surface area contributed by atoms with Crippen LogP contribution >= 0.6 is 0 Å². The van der Waals surface area contributed by atoms with Gasteiger partial charge in [0.1, 0.15) is 5.76 Å². The molecular weight excluding hydrogens is 347 g/mol. The summed E-state index contributed by atoms with van der Waals surface area (Å²) in [5, 5.41) is 12.5. The van der Waals surface area contributed by atoms with E-state index < -0.39 is 0 Å². The van der Waals surface area contributed by atoms with Gasteiger partial charge in [-0.1, -0.05) is 72.6 Å². The smallest absolute Gasteiger partial charge is 0.182 e. The fourth-order valence-electron chi connectivity index (χ4n) is 3.48. The Balaban J connectivity index is 1.73. The minimum absolute atomic E-state index is 0.532. The fourth-order valence-corrected chi connectivity index (χ4v) is 3.48. The van der Waals surface area contributed by atoms with Crippen molar-refractivity contribution in [3.63, 3.8) is 0 Å². The molecule has 0 bridgehead atoms. The normalized spacial score (nSPS) is 13.8. The Morgan fingerprint density at radius 2 is 1.86 bits per heavy atom. The first kappa shape index (κ1) is 18.2. The molecule has 1 aliphatic carbocycles. The summed E-state index contributed by atoms with van der Waals surface area (Å²) in [6, 6.07) is 16.5. The van der Waals surface area contributed by atoms with Crippen LogP contribution < -0.4 is 0 Å². The van der Waals surface area contributed by atoms with Gasteiger partial charge in [-0.25, -0.2) is 4.68 Å². The molecule has 1 heterocycles. The number of aromatic nitrogens is 4. The highest BCUT2D eigenvalue weighted by Crippen LogP contribution is 2.31. The number of benzene rings is 2. The van der Waals surface area contributed by atoms with Gasteiger partial charge in [0.15, 0.2) is 5.82 Å². The Morgan fingerprint density at radius 3 is 2.61 bits per heavy atom. The molecule has 28 heavy (non-hydrogen) atoms. The zero-order valence-electron chi connectivity index (χ0n) is 15.9. The number of rotatable bonds is 6. The summed E-state index contributed by atoms with van der Waals surface area (Å²) in [5.74, 6) is 1.73. The number of tetrazole rings is 1. The van der Waals surface area contributed by atoms with Gasteiger partial charge in [-0.2, -0.15) is 0 Å². The van der Waals surface area contributed by atoms with Gasteiger partial charge in [-0.15, -0.1) is 5.10 Å². The lowest BCUT2D eigenvalue weighted by atomic mass is 9.93. The molecule has 2 aromatic carbocycles. The van der Waals surface area contributed by atoms with E-state index in [-0.39, 0.29) is 0 Å². The lowest BCUT2D eigenvalue weighted by Crippen LogP contribution is -2.09. The van der Waals surface area contributed by atoms with Crippen molar-refractivity contribution in [3.05, 3.63) is 77.6 Å². The van der Waals surface area contributed by atoms with Crippen molar-refractivity contribution in [1.82, 2.24) is 20.2 Å². The Bertz CT molecular complexity index is 1020. The maximum absolute atomic E-state index is 5.73. The third-order valence-corrected chi connectivity index (χ3v) is 4.98. The van der Waals surface area contributed by atoms with Crippen LogP contribution in [0.25, 0.3) is 22.5 Å². The first-order valence-corrected chi connectivity index (χ1v) is 9.37. The second-order valence-corrected chi connectivity index (χ2v) is 6.70. The summed E-state index contributed by atoms with van der Waals surface area (Å²) in [4.78, 5) is 0. The van der Waals surface area contributed by atoms with Crippen LogP contribution in [0.15, 0.2) is 72.0 Å². The van der Waals surface area contributed by atoms with Gasteiger partial charge in [0, 0.05) is 17.6 Å². The maximum Gasteiger partial charge on any atom is 0.182 e. The quantitative estimate of drug-likeness (QED) is 0.619. The van der Waals surface area contributed by atoms with E-state index in [1.165, 1.54) is 0 Å². The van der Waals surface area contributed by atoms with Crippen LogP contribution in [0.1, 0.15) is 18.4 Å². The standard InChI is InChI=1S/C22H21BN4O/c1-28-21-9-5-2-6-18(21)15-27-22(24-25-26-27)20-8-4-3-7-19(20)17-12-10-16(14-23)11-13-17/h2-4,6-8,10-13H,5,9,14-15H2,1H3. The summed E-state index contributed by atoms with van der Waals surface area (Å²) in [7, 11) is 7.44. The molecule has 0 amide bonds. The Hall–Kier alpha value is -3.15. The molecule has 1 aliphatic rings.